The lowest BCUT2D eigenvalue weighted by Gasteiger charge is -2.21. The van der Waals surface area contributed by atoms with Gasteiger partial charge in [-0.15, -0.1) is 0 Å². The van der Waals surface area contributed by atoms with Gasteiger partial charge >= 0.3 is 0 Å². The number of rotatable bonds is 0. The van der Waals surface area contributed by atoms with Crippen molar-refractivity contribution in [1.82, 2.24) is 10.6 Å². The Labute approximate surface area is 66.9 Å². The number of hydrogen-bond donors (Lipinski definition) is 3. The smallest absolute Gasteiger partial charge is 0.223 e. The van der Waals surface area contributed by atoms with E-state index in [1.807, 2.05) is 20.8 Å². The number of guanidine groups is 1. The van der Waals surface area contributed by atoms with E-state index in [0.717, 1.165) is 0 Å². The van der Waals surface area contributed by atoms with Crippen LogP contribution in [0.3, 0.4) is 0 Å². The van der Waals surface area contributed by atoms with Crippen LogP contribution >= 0.6 is 0 Å². The van der Waals surface area contributed by atoms with Gasteiger partial charge in [0.15, 0.2) is 5.96 Å². The lowest BCUT2D eigenvalue weighted by Crippen LogP contribution is -2.48. The third kappa shape index (κ3) is 6.83. The summed E-state index contributed by atoms with van der Waals surface area (Å²) in [4.78, 5) is 10.4. The second-order valence-corrected chi connectivity index (χ2v) is 3.43. The molecule has 4 nitrogen and oxygen atoms in total. The van der Waals surface area contributed by atoms with Crippen LogP contribution < -0.4 is 10.6 Å². The third-order valence-electron chi connectivity index (χ3n) is 0.801. The first kappa shape index (κ1) is 9.94. The van der Waals surface area contributed by atoms with Crippen LogP contribution in [0.25, 0.3) is 0 Å². The maximum absolute atomic E-state index is 10.4. The summed E-state index contributed by atoms with van der Waals surface area (Å²) in [5, 5.41) is 12.4. The molecule has 0 spiro atoms. The number of hydrogen-bond acceptors (Lipinski definition) is 2. The Balaban J connectivity index is 3.80. The summed E-state index contributed by atoms with van der Waals surface area (Å²) in [5.74, 6) is -0.184. The second kappa shape index (κ2) is 3.37. The zero-order valence-corrected chi connectivity index (χ0v) is 7.41. The van der Waals surface area contributed by atoms with Crippen molar-refractivity contribution in [3.05, 3.63) is 0 Å². The Morgan fingerprint density at radius 2 is 1.82 bits per heavy atom. The van der Waals surface area contributed by atoms with Crippen LogP contribution in [0.4, 0.5) is 0 Å². The van der Waals surface area contributed by atoms with Gasteiger partial charge in [0.05, 0.1) is 0 Å². The fourth-order valence-corrected chi connectivity index (χ4v) is 0.582. The Morgan fingerprint density at radius 1 is 1.36 bits per heavy atom. The molecule has 1 amide bonds. The highest BCUT2D eigenvalue weighted by Gasteiger charge is 2.10. The highest BCUT2D eigenvalue weighted by molar-refractivity contribution is 5.94. The SMILES string of the molecule is CC(=O)NC(=N)NC(C)(C)C. The average Bonchev–Trinajstić information content (AvgIpc) is 1.53. The summed E-state index contributed by atoms with van der Waals surface area (Å²) in [6, 6.07) is 0. The quantitative estimate of drug-likeness (QED) is 0.353. The summed E-state index contributed by atoms with van der Waals surface area (Å²) in [6.45, 7) is 7.13. The molecule has 0 unspecified atom stereocenters. The molecule has 0 aromatic carbocycles. The van der Waals surface area contributed by atoms with Gasteiger partial charge in [-0.25, -0.2) is 0 Å². The third-order valence-corrected chi connectivity index (χ3v) is 0.801. The average molecular weight is 157 g/mol. The topological polar surface area (TPSA) is 65.0 Å². The minimum Gasteiger partial charge on any atom is -0.352 e. The molecule has 0 atom stereocenters. The number of carbonyl (C=O) groups excluding carboxylic acids is 1. The van der Waals surface area contributed by atoms with Crippen molar-refractivity contribution in [2.75, 3.05) is 0 Å². The first-order valence-corrected chi connectivity index (χ1v) is 3.45. The fraction of sp³-hybridized carbons (Fsp3) is 0.714. The molecule has 0 saturated carbocycles. The van der Waals surface area contributed by atoms with Crippen molar-refractivity contribution in [3.63, 3.8) is 0 Å². The first-order chi connectivity index (χ1) is 4.81. The van der Waals surface area contributed by atoms with Crippen LogP contribution in [0.2, 0.25) is 0 Å². The Morgan fingerprint density at radius 3 is 2.09 bits per heavy atom. The van der Waals surface area contributed by atoms with Crippen LogP contribution in [-0.4, -0.2) is 17.4 Å². The molecule has 0 rings (SSSR count). The second-order valence-electron chi connectivity index (χ2n) is 3.43. The predicted octanol–water partition coefficient (Wildman–Crippen LogP) is 0.445. The molecular weight excluding hydrogens is 142 g/mol. The van der Waals surface area contributed by atoms with E-state index < -0.39 is 0 Å². The fourth-order valence-electron chi connectivity index (χ4n) is 0.582. The van der Waals surface area contributed by atoms with Crippen molar-refractivity contribution >= 4 is 11.9 Å². The molecule has 0 aliphatic carbocycles. The van der Waals surface area contributed by atoms with E-state index in [1.54, 1.807) is 0 Å². The van der Waals surface area contributed by atoms with Crippen molar-refractivity contribution in [1.29, 1.82) is 5.41 Å². The molecule has 4 heteroatoms. The highest BCUT2D eigenvalue weighted by atomic mass is 16.1. The van der Waals surface area contributed by atoms with E-state index in [0.29, 0.717) is 0 Å². The lowest BCUT2D eigenvalue weighted by molar-refractivity contribution is -0.117. The van der Waals surface area contributed by atoms with E-state index in [2.05, 4.69) is 10.6 Å². The van der Waals surface area contributed by atoms with Gasteiger partial charge in [0.1, 0.15) is 0 Å². The largest absolute Gasteiger partial charge is 0.352 e. The molecule has 0 aliphatic heterocycles. The Hall–Kier alpha value is -1.06. The van der Waals surface area contributed by atoms with E-state index in [1.165, 1.54) is 6.92 Å². The maximum Gasteiger partial charge on any atom is 0.223 e. The van der Waals surface area contributed by atoms with Gasteiger partial charge in [-0.3, -0.25) is 15.5 Å². The van der Waals surface area contributed by atoms with Crippen molar-refractivity contribution in [2.45, 2.75) is 33.2 Å². The predicted molar refractivity (Wildman–Crippen MR) is 44.4 cm³/mol. The molecule has 11 heavy (non-hydrogen) atoms. The molecule has 0 aromatic heterocycles. The van der Waals surface area contributed by atoms with Gasteiger partial charge in [-0.05, 0) is 20.8 Å². The summed E-state index contributed by atoms with van der Waals surface area (Å²) in [6.07, 6.45) is 0. The standard InChI is InChI=1S/C7H15N3O/c1-5(11)9-6(8)10-7(2,3)4/h1-4H3,(H3,8,9,10,11). The Bertz CT molecular complexity index is 169. The number of amides is 1. The van der Waals surface area contributed by atoms with E-state index in [-0.39, 0.29) is 17.4 Å². The summed E-state index contributed by atoms with van der Waals surface area (Å²) in [5.41, 5.74) is -0.181. The lowest BCUT2D eigenvalue weighted by atomic mass is 10.1. The van der Waals surface area contributed by atoms with E-state index in [9.17, 15) is 4.79 Å². The van der Waals surface area contributed by atoms with Crippen LogP contribution in [0.5, 0.6) is 0 Å². The molecule has 0 aliphatic rings. The zero-order chi connectivity index (χ0) is 9.07. The van der Waals surface area contributed by atoms with E-state index in [4.69, 9.17) is 5.41 Å². The number of nitrogens with one attached hydrogen (secondary N) is 3. The molecule has 3 N–H and O–H groups in total. The minimum atomic E-state index is -0.230. The molecule has 0 radical (unpaired) electrons. The normalized spacial score (nSPS) is 10.5. The summed E-state index contributed by atoms with van der Waals surface area (Å²) < 4.78 is 0. The van der Waals surface area contributed by atoms with E-state index >= 15 is 0 Å². The van der Waals surface area contributed by atoms with Gasteiger partial charge < -0.3 is 5.32 Å². The van der Waals surface area contributed by atoms with Crippen LogP contribution in [0.15, 0.2) is 0 Å². The van der Waals surface area contributed by atoms with Crippen LogP contribution in [0.1, 0.15) is 27.7 Å². The maximum atomic E-state index is 10.4. The first-order valence-electron chi connectivity index (χ1n) is 3.45. The number of carbonyl (C=O) groups is 1. The summed E-state index contributed by atoms with van der Waals surface area (Å²) in [7, 11) is 0. The zero-order valence-electron chi connectivity index (χ0n) is 7.41. The van der Waals surface area contributed by atoms with Gasteiger partial charge in [0.2, 0.25) is 5.91 Å². The minimum absolute atomic E-state index is 0.0463. The molecule has 0 aromatic rings. The van der Waals surface area contributed by atoms with Crippen molar-refractivity contribution < 1.29 is 4.79 Å². The van der Waals surface area contributed by atoms with Gasteiger partial charge in [-0.2, -0.15) is 0 Å². The highest BCUT2D eigenvalue weighted by Crippen LogP contribution is 1.96. The molecule has 64 valence electrons. The molecule has 0 fully saturated rings. The molecule has 0 saturated heterocycles. The molecule has 0 bridgehead atoms. The molecule has 0 heterocycles. The van der Waals surface area contributed by atoms with Gasteiger partial charge in [0.25, 0.3) is 0 Å². The van der Waals surface area contributed by atoms with Gasteiger partial charge in [-0.1, -0.05) is 0 Å². The summed E-state index contributed by atoms with van der Waals surface area (Å²) >= 11 is 0. The monoisotopic (exact) mass is 157 g/mol. The Kier molecular flexibility index (Phi) is 3.04. The van der Waals surface area contributed by atoms with Gasteiger partial charge in [0, 0.05) is 12.5 Å². The molecular formula is C7H15N3O. The van der Waals surface area contributed by atoms with Crippen molar-refractivity contribution in [2.24, 2.45) is 0 Å². The van der Waals surface area contributed by atoms with Crippen molar-refractivity contribution in [3.8, 4) is 0 Å². The van der Waals surface area contributed by atoms with Crippen LogP contribution in [-0.2, 0) is 4.79 Å². The van der Waals surface area contributed by atoms with Crippen LogP contribution in [0, 0.1) is 5.41 Å².